The van der Waals surface area contributed by atoms with Crippen molar-refractivity contribution in [1.82, 2.24) is 4.98 Å². The molecule has 0 unspecified atom stereocenters. The first kappa shape index (κ1) is 11.8. The molecule has 1 aromatic heterocycles. The SMILES string of the molecule is Cc1ccccc1NC(=O)c1ccnc(C#N)c1. The maximum absolute atomic E-state index is 12.0. The second-order valence-corrected chi connectivity index (χ2v) is 3.81. The molecule has 0 aliphatic heterocycles. The molecule has 0 saturated carbocycles. The fraction of sp³-hybridized carbons (Fsp3) is 0.0714. The van der Waals surface area contributed by atoms with Crippen LogP contribution in [0.4, 0.5) is 5.69 Å². The third-order valence-corrected chi connectivity index (χ3v) is 2.53. The van der Waals surface area contributed by atoms with Crippen LogP contribution >= 0.6 is 0 Å². The molecule has 1 N–H and O–H groups in total. The summed E-state index contributed by atoms with van der Waals surface area (Å²) in [6.45, 7) is 1.92. The molecule has 0 saturated heterocycles. The second-order valence-electron chi connectivity index (χ2n) is 3.81. The summed E-state index contributed by atoms with van der Waals surface area (Å²) < 4.78 is 0. The second kappa shape index (κ2) is 5.11. The number of nitrogens with one attached hydrogen (secondary N) is 1. The van der Waals surface area contributed by atoms with Crippen molar-refractivity contribution in [3.63, 3.8) is 0 Å². The van der Waals surface area contributed by atoms with Crippen LogP contribution in [0.2, 0.25) is 0 Å². The number of hydrogen-bond acceptors (Lipinski definition) is 3. The fourth-order valence-corrected chi connectivity index (χ4v) is 1.54. The molecule has 2 rings (SSSR count). The Morgan fingerprint density at radius 1 is 1.33 bits per heavy atom. The van der Waals surface area contributed by atoms with Crippen molar-refractivity contribution in [2.75, 3.05) is 5.32 Å². The number of aromatic nitrogens is 1. The highest BCUT2D eigenvalue weighted by Crippen LogP contribution is 2.14. The number of rotatable bonds is 2. The van der Waals surface area contributed by atoms with E-state index in [1.807, 2.05) is 37.3 Å². The van der Waals surface area contributed by atoms with Crippen LogP contribution in [0.5, 0.6) is 0 Å². The summed E-state index contributed by atoms with van der Waals surface area (Å²) in [6, 6.07) is 12.5. The topological polar surface area (TPSA) is 65.8 Å². The van der Waals surface area contributed by atoms with E-state index >= 15 is 0 Å². The molecule has 0 fully saturated rings. The average Bonchev–Trinajstić information content (AvgIpc) is 2.41. The van der Waals surface area contributed by atoms with E-state index in [1.54, 1.807) is 6.07 Å². The van der Waals surface area contributed by atoms with E-state index in [9.17, 15) is 4.79 Å². The Kier molecular flexibility index (Phi) is 3.35. The Balaban J connectivity index is 2.23. The summed E-state index contributed by atoms with van der Waals surface area (Å²) in [6.07, 6.45) is 1.45. The first-order valence-corrected chi connectivity index (χ1v) is 5.44. The largest absolute Gasteiger partial charge is 0.322 e. The number of nitrogens with zero attached hydrogens (tertiary/aromatic N) is 2. The number of pyridine rings is 1. The van der Waals surface area contributed by atoms with Gasteiger partial charge in [0.05, 0.1) is 0 Å². The highest BCUT2D eigenvalue weighted by molar-refractivity contribution is 6.04. The summed E-state index contributed by atoms with van der Waals surface area (Å²) in [4.78, 5) is 15.8. The lowest BCUT2D eigenvalue weighted by Crippen LogP contribution is -2.13. The van der Waals surface area contributed by atoms with E-state index in [1.165, 1.54) is 12.3 Å². The number of para-hydroxylation sites is 1. The standard InChI is InChI=1S/C14H11N3O/c1-10-4-2-3-5-13(10)17-14(18)11-6-7-16-12(8-11)9-15/h2-8H,1H3,(H,17,18). The van der Waals surface area contributed by atoms with Crippen LogP contribution in [0.15, 0.2) is 42.6 Å². The van der Waals surface area contributed by atoms with E-state index in [4.69, 9.17) is 5.26 Å². The Morgan fingerprint density at radius 3 is 2.83 bits per heavy atom. The van der Waals surface area contributed by atoms with E-state index in [0.29, 0.717) is 5.56 Å². The van der Waals surface area contributed by atoms with Gasteiger partial charge in [0.15, 0.2) is 0 Å². The minimum Gasteiger partial charge on any atom is -0.322 e. The molecule has 18 heavy (non-hydrogen) atoms. The van der Waals surface area contributed by atoms with Crippen LogP contribution in [0.25, 0.3) is 0 Å². The molecule has 1 heterocycles. The zero-order valence-electron chi connectivity index (χ0n) is 9.84. The monoisotopic (exact) mass is 237 g/mol. The molecule has 1 amide bonds. The van der Waals surface area contributed by atoms with Crippen molar-refractivity contribution in [2.24, 2.45) is 0 Å². The summed E-state index contributed by atoms with van der Waals surface area (Å²) in [5, 5.41) is 11.5. The van der Waals surface area contributed by atoms with Gasteiger partial charge in [-0.15, -0.1) is 0 Å². The third-order valence-electron chi connectivity index (χ3n) is 2.53. The van der Waals surface area contributed by atoms with Gasteiger partial charge in [-0.25, -0.2) is 4.98 Å². The Bertz CT molecular complexity index is 629. The molecular weight excluding hydrogens is 226 g/mol. The third kappa shape index (κ3) is 2.53. The number of carbonyl (C=O) groups is 1. The number of benzene rings is 1. The fourth-order valence-electron chi connectivity index (χ4n) is 1.54. The van der Waals surface area contributed by atoms with E-state index < -0.39 is 0 Å². The van der Waals surface area contributed by atoms with Gasteiger partial charge in [0, 0.05) is 17.4 Å². The van der Waals surface area contributed by atoms with Gasteiger partial charge in [-0.2, -0.15) is 5.26 Å². The highest BCUT2D eigenvalue weighted by atomic mass is 16.1. The number of amides is 1. The Labute approximate surface area is 105 Å². The van der Waals surface area contributed by atoms with Crippen molar-refractivity contribution < 1.29 is 4.79 Å². The first-order valence-electron chi connectivity index (χ1n) is 5.44. The lowest BCUT2D eigenvalue weighted by molar-refractivity contribution is 0.102. The normalized spacial score (nSPS) is 9.56. The maximum Gasteiger partial charge on any atom is 0.255 e. The average molecular weight is 237 g/mol. The number of carbonyl (C=O) groups excluding carboxylic acids is 1. The van der Waals surface area contributed by atoms with Gasteiger partial charge in [-0.05, 0) is 30.7 Å². The van der Waals surface area contributed by atoms with Crippen molar-refractivity contribution in [2.45, 2.75) is 6.92 Å². The van der Waals surface area contributed by atoms with Crippen molar-refractivity contribution in [3.05, 3.63) is 59.4 Å². The minimum absolute atomic E-state index is 0.229. The number of aryl methyl sites for hydroxylation is 1. The van der Waals surface area contributed by atoms with Crippen LogP contribution in [0, 0.1) is 18.3 Å². The smallest absolute Gasteiger partial charge is 0.255 e. The van der Waals surface area contributed by atoms with Crippen molar-refractivity contribution >= 4 is 11.6 Å². The van der Waals surface area contributed by atoms with Crippen molar-refractivity contribution in [1.29, 1.82) is 5.26 Å². The predicted octanol–water partition coefficient (Wildman–Crippen LogP) is 2.51. The molecule has 4 nitrogen and oxygen atoms in total. The Morgan fingerprint density at radius 2 is 2.11 bits per heavy atom. The molecule has 0 spiro atoms. The molecule has 1 aromatic carbocycles. The molecule has 4 heteroatoms. The molecule has 88 valence electrons. The minimum atomic E-state index is -0.247. The summed E-state index contributed by atoms with van der Waals surface area (Å²) in [7, 11) is 0. The summed E-state index contributed by atoms with van der Waals surface area (Å²) in [5.74, 6) is -0.247. The Hall–Kier alpha value is -2.67. The summed E-state index contributed by atoms with van der Waals surface area (Å²) >= 11 is 0. The number of hydrogen-bond donors (Lipinski definition) is 1. The van der Waals surface area contributed by atoms with Gasteiger partial charge >= 0.3 is 0 Å². The van der Waals surface area contributed by atoms with Crippen LogP contribution < -0.4 is 5.32 Å². The lowest BCUT2D eigenvalue weighted by Gasteiger charge is -2.07. The quantitative estimate of drug-likeness (QED) is 0.872. The molecule has 0 radical (unpaired) electrons. The van der Waals surface area contributed by atoms with Crippen LogP contribution in [0.1, 0.15) is 21.6 Å². The molecule has 0 bridgehead atoms. The van der Waals surface area contributed by atoms with Gasteiger partial charge < -0.3 is 5.32 Å². The van der Waals surface area contributed by atoms with Gasteiger partial charge in [0.2, 0.25) is 0 Å². The van der Waals surface area contributed by atoms with E-state index in [0.717, 1.165) is 11.3 Å². The number of nitriles is 1. The summed E-state index contributed by atoms with van der Waals surface area (Å²) in [5.41, 5.74) is 2.40. The first-order chi connectivity index (χ1) is 8.70. The predicted molar refractivity (Wildman–Crippen MR) is 68.1 cm³/mol. The van der Waals surface area contributed by atoms with Crippen LogP contribution in [0.3, 0.4) is 0 Å². The van der Waals surface area contributed by atoms with Gasteiger partial charge in [0.25, 0.3) is 5.91 Å². The number of anilines is 1. The highest BCUT2D eigenvalue weighted by Gasteiger charge is 2.08. The molecule has 2 aromatic rings. The van der Waals surface area contributed by atoms with E-state index in [2.05, 4.69) is 10.3 Å². The zero-order valence-corrected chi connectivity index (χ0v) is 9.84. The van der Waals surface area contributed by atoms with Gasteiger partial charge in [-0.1, -0.05) is 18.2 Å². The van der Waals surface area contributed by atoms with E-state index in [-0.39, 0.29) is 11.6 Å². The molecule has 0 aliphatic carbocycles. The lowest BCUT2D eigenvalue weighted by atomic mass is 10.1. The van der Waals surface area contributed by atoms with Gasteiger partial charge in [-0.3, -0.25) is 4.79 Å². The van der Waals surface area contributed by atoms with Crippen molar-refractivity contribution in [3.8, 4) is 6.07 Å². The molecule has 0 atom stereocenters. The van der Waals surface area contributed by atoms with Crippen LogP contribution in [-0.4, -0.2) is 10.9 Å². The van der Waals surface area contributed by atoms with Crippen LogP contribution in [-0.2, 0) is 0 Å². The molecular formula is C14H11N3O. The maximum atomic E-state index is 12.0. The zero-order chi connectivity index (χ0) is 13.0. The molecule has 0 aliphatic rings. The van der Waals surface area contributed by atoms with Gasteiger partial charge in [0.1, 0.15) is 11.8 Å².